The number of hydrogen-bond acceptors (Lipinski definition) is 1. The summed E-state index contributed by atoms with van der Waals surface area (Å²) in [6.45, 7) is 0.481. The number of alkyl halides is 3. The summed E-state index contributed by atoms with van der Waals surface area (Å²) >= 11 is 3.33. The van der Waals surface area contributed by atoms with Gasteiger partial charge in [0, 0.05) is 16.7 Å². The molecule has 0 heterocycles. The molecule has 0 unspecified atom stereocenters. The highest BCUT2D eigenvalue weighted by atomic mass is 79.9. The van der Waals surface area contributed by atoms with Crippen molar-refractivity contribution >= 4 is 21.6 Å². The Hall–Kier alpha value is -1.49. The van der Waals surface area contributed by atoms with Crippen LogP contribution in [0.2, 0.25) is 0 Å². The van der Waals surface area contributed by atoms with E-state index in [1.54, 1.807) is 6.07 Å². The first kappa shape index (κ1) is 13.9. The van der Waals surface area contributed by atoms with Crippen molar-refractivity contribution in [3.8, 4) is 0 Å². The number of anilines is 1. The Kier molecular flexibility index (Phi) is 4.14. The topological polar surface area (TPSA) is 12.0 Å². The molecule has 0 spiro atoms. The van der Waals surface area contributed by atoms with E-state index in [4.69, 9.17) is 0 Å². The van der Waals surface area contributed by atoms with Gasteiger partial charge < -0.3 is 5.32 Å². The molecule has 0 saturated heterocycles. The second kappa shape index (κ2) is 5.65. The predicted molar refractivity (Wildman–Crippen MR) is 72.9 cm³/mol. The lowest BCUT2D eigenvalue weighted by Crippen LogP contribution is -2.06. The van der Waals surface area contributed by atoms with Gasteiger partial charge in [0.05, 0.1) is 5.56 Å². The first-order valence-corrected chi connectivity index (χ1v) is 6.40. The lowest BCUT2D eigenvalue weighted by molar-refractivity contribution is -0.137. The lowest BCUT2D eigenvalue weighted by atomic mass is 10.2. The van der Waals surface area contributed by atoms with E-state index in [1.165, 1.54) is 6.07 Å². The first-order chi connectivity index (χ1) is 8.95. The minimum atomic E-state index is -4.31. The molecular formula is C14H11BrF3N. The van der Waals surface area contributed by atoms with Crippen LogP contribution < -0.4 is 5.32 Å². The number of halogens is 4. The molecule has 100 valence electrons. The van der Waals surface area contributed by atoms with Crippen molar-refractivity contribution in [3.05, 3.63) is 64.1 Å². The van der Waals surface area contributed by atoms with Gasteiger partial charge in [-0.1, -0.05) is 34.1 Å². The number of hydrogen-bond donors (Lipinski definition) is 1. The minimum absolute atomic E-state index is 0.456. The Bertz CT molecular complexity index is 549. The molecule has 2 rings (SSSR count). The molecule has 0 bridgehead atoms. The van der Waals surface area contributed by atoms with Crippen LogP contribution in [-0.2, 0) is 12.7 Å². The van der Waals surface area contributed by atoms with Gasteiger partial charge >= 0.3 is 6.18 Å². The van der Waals surface area contributed by atoms with Crippen molar-refractivity contribution in [2.75, 3.05) is 5.32 Å². The van der Waals surface area contributed by atoms with Crippen LogP contribution in [0.5, 0.6) is 0 Å². The van der Waals surface area contributed by atoms with E-state index >= 15 is 0 Å². The Labute approximate surface area is 117 Å². The first-order valence-electron chi connectivity index (χ1n) is 5.61. The van der Waals surface area contributed by atoms with Gasteiger partial charge in [-0.3, -0.25) is 0 Å². The highest BCUT2D eigenvalue weighted by molar-refractivity contribution is 9.10. The van der Waals surface area contributed by atoms with Crippen LogP contribution in [0.1, 0.15) is 11.1 Å². The van der Waals surface area contributed by atoms with Crippen LogP contribution >= 0.6 is 15.9 Å². The Morgan fingerprint density at radius 3 is 2.32 bits per heavy atom. The third-order valence-corrected chi connectivity index (χ3v) is 3.13. The smallest absolute Gasteiger partial charge is 0.381 e. The summed E-state index contributed by atoms with van der Waals surface area (Å²) in [6, 6.07) is 12.8. The van der Waals surface area contributed by atoms with Crippen LogP contribution in [0.4, 0.5) is 18.9 Å². The number of rotatable bonds is 3. The predicted octanol–water partition coefficient (Wildman–Crippen LogP) is 5.08. The van der Waals surface area contributed by atoms with E-state index in [9.17, 15) is 13.2 Å². The maximum atomic E-state index is 12.5. The van der Waals surface area contributed by atoms with E-state index < -0.39 is 11.7 Å². The van der Waals surface area contributed by atoms with E-state index in [0.29, 0.717) is 12.2 Å². The summed E-state index contributed by atoms with van der Waals surface area (Å²) in [5.74, 6) is 0. The molecule has 1 nitrogen and oxygen atoms in total. The van der Waals surface area contributed by atoms with Crippen LogP contribution in [0, 0.1) is 0 Å². The molecule has 0 fully saturated rings. The van der Waals surface area contributed by atoms with Gasteiger partial charge in [0.1, 0.15) is 0 Å². The highest BCUT2D eigenvalue weighted by Gasteiger charge is 2.30. The average Bonchev–Trinajstić information content (AvgIpc) is 2.37. The average molecular weight is 330 g/mol. The molecule has 2 aromatic rings. The maximum absolute atomic E-state index is 12.5. The van der Waals surface area contributed by atoms with E-state index in [0.717, 1.165) is 22.2 Å². The summed E-state index contributed by atoms with van der Waals surface area (Å²) in [4.78, 5) is 0. The minimum Gasteiger partial charge on any atom is -0.381 e. The van der Waals surface area contributed by atoms with Gasteiger partial charge in [-0.15, -0.1) is 0 Å². The van der Waals surface area contributed by atoms with Gasteiger partial charge in [-0.2, -0.15) is 13.2 Å². The molecule has 0 saturated carbocycles. The Morgan fingerprint density at radius 1 is 1.00 bits per heavy atom. The van der Waals surface area contributed by atoms with Crippen molar-refractivity contribution in [2.24, 2.45) is 0 Å². The largest absolute Gasteiger partial charge is 0.416 e. The number of nitrogens with one attached hydrogen (secondary N) is 1. The summed E-state index contributed by atoms with van der Waals surface area (Å²) in [7, 11) is 0. The standard InChI is InChI=1S/C14H11BrF3N/c15-12-6-4-10(5-7-12)9-19-13-3-1-2-11(8-13)14(16,17)18/h1-8,19H,9H2. The van der Waals surface area contributed by atoms with Crippen LogP contribution in [0.15, 0.2) is 53.0 Å². The molecule has 5 heteroatoms. The molecule has 0 amide bonds. The summed E-state index contributed by atoms with van der Waals surface area (Å²) < 4.78 is 38.6. The quantitative estimate of drug-likeness (QED) is 0.827. The zero-order valence-corrected chi connectivity index (χ0v) is 11.4. The van der Waals surface area contributed by atoms with Gasteiger partial charge in [0.2, 0.25) is 0 Å². The van der Waals surface area contributed by atoms with Crippen molar-refractivity contribution in [2.45, 2.75) is 12.7 Å². The molecular weight excluding hydrogens is 319 g/mol. The third-order valence-electron chi connectivity index (χ3n) is 2.60. The summed E-state index contributed by atoms with van der Waals surface area (Å²) in [5.41, 5.74) is 0.812. The molecule has 0 aliphatic heterocycles. The SMILES string of the molecule is FC(F)(F)c1cccc(NCc2ccc(Br)cc2)c1. The van der Waals surface area contributed by atoms with Crippen LogP contribution in [-0.4, -0.2) is 0 Å². The van der Waals surface area contributed by atoms with Crippen molar-refractivity contribution in [1.82, 2.24) is 0 Å². The molecule has 19 heavy (non-hydrogen) atoms. The van der Waals surface area contributed by atoms with E-state index in [-0.39, 0.29) is 0 Å². The number of benzene rings is 2. The maximum Gasteiger partial charge on any atom is 0.416 e. The summed E-state index contributed by atoms with van der Waals surface area (Å²) in [5, 5.41) is 2.98. The fourth-order valence-corrected chi connectivity index (χ4v) is 1.88. The summed E-state index contributed by atoms with van der Waals surface area (Å²) in [6.07, 6.45) is -4.31. The molecule has 0 aliphatic carbocycles. The zero-order chi connectivity index (χ0) is 13.9. The second-order valence-corrected chi connectivity index (χ2v) is 4.97. The zero-order valence-electron chi connectivity index (χ0n) is 9.84. The fraction of sp³-hybridized carbons (Fsp3) is 0.143. The molecule has 2 aromatic carbocycles. The van der Waals surface area contributed by atoms with Crippen molar-refractivity contribution < 1.29 is 13.2 Å². The monoisotopic (exact) mass is 329 g/mol. The normalized spacial score (nSPS) is 11.4. The Morgan fingerprint density at radius 2 is 1.68 bits per heavy atom. The highest BCUT2D eigenvalue weighted by Crippen LogP contribution is 2.30. The van der Waals surface area contributed by atoms with Crippen LogP contribution in [0.3, 0.4) is 0 Å². The molecule has 0 aromatic heterocycles. The van der Waals surface area contributed by atoms with Crippen molar-refractivity contribution in [3.63, 3.8) is 0 Å². The van der Waals surface area contributed by atoms with Gasteiger partial charge in [0.15, 0.2) is 0 Å². The molecule has 0 radical (unpaired) electrons. The van der Waals surface area contributed by atoms with Gasteiger partial charge in [-0.25, -0.2) is 0 Å². The van der Waals surface area contributed by atoms with Crippen LogP contribution in [0.25, 0.3) is 0 Å². The fourth-order valence-electron chi connectivity index (χ4n) is 1.61. The van der Waals surface area contributed by atoms with E-state index in [1.807, 2.05) is 24.3 Å². The Balaban J connectivity index is 2.05. The molecule has 0 aliphatic rings. The molecule has 1 N–H and O–H groups in total. The lowest BCUT2D eigenvalue weighted by Gasteiger charge is -2.10. The molecule has 0 atom stereocenters. The van der Waals surface area contributed by atoms with Gasteiger partial charge in [0.25, 0.3) is 0 Å². The second-order valence-electron chi connectivity index (χ2n) is 4.06. The third kappa shape index (κ3) is 3.99. The van der Waals surface area contributed by atoms with Crippen molar-refractivity contribution in [1.29, 1.82) is 0 Å². The van der Waals surface area contributed by atoms with E-state index in [2.05, 4.69) is 21.2 Å². The van der Waals surface area contributed by atoms with Gasteiger partial charge in [-0.05, 0) is 35.9 Å².